The van der Waals surface area contributed by atoms with Gasteiger partial charge in [-0.15, -0.1) is 0 Å². The zero-order chi connectivity index (χ0) is 38.5. The minimum absolute atomic E-state index is 0.104. The fourth-order valence-corrected chi connectivity index (χ4v) is 10.0. The Morgan fingerprint density at radius 1 is 0.466 bits per heavy atom. The van der Waals surface area contributed by atoms with Gasteiger partial charge in [-0.25, -0.2) is 0 Å². The van der Waals surface area contributed by atoms with Crippen molar-refractivity contribution in [3.8, 4) is 27.9 Å². The number of para-hydroxylation sites is 2. The number of nitrogens with zero attached hydrogens (tertiary/aromatic N) is 2. The smallest absolute Gasteiger partial charge is 0.0562 e. The van der Waals surface area contributed by atoms with Crippen LogP contribution in [0.25, 0.3) is 82.3 Å². The molecule has 1 aliphatic rings. The fourth-order valence-electron chi connectivity index (χ4n) is 10.0. The molecule has 2 heterocycles. The number of H-pyrrole nitrogens is 1. The van der Waals surface area contributed by atoms with E-state index in [4.69, 9.17) is 0 Å². The Hall–Kier alpha value is -7.36. The Kier molecular flexibility index (Phi) is 6.98. The summed E-state index contributed by atoms with van der Waals surface area (Å²) in [5.74, 6) is 0. The highest BCUT2D eigenvalue weighted by Gasteiger charge is 2.38. The maximum atomic E-state index is 3.80. The summed E-state index contributed by atoms with van der Waals surface area (Å²) < 4.78 is 2.41. The van der Waals surface area contributed by atoms with Crippen molar-refractivity contribution < 1.29 is 0 Å². The monoisotopic (exact) mass is 741 g/mol. The van der Waals surface area contributed by atoms with E-state index in [2.05, 4.69) is 222 Å². The van der Waals surface area contributed by atoms with Crippen molar-refractivity contribution in [2.75, 3.05) is 4.90 Å². The molecule has 274 valence electrons. The van der Waals surface area contributed by atoms with Crippen LogP contribution in [0.3, 0.4) is 0 Å². The average Bonchev–Trinajstić information content (AvgIpc) is 3.90. The van der Waals surface area contributed by atoms with Crippen molar-refractivity contribution in [2.45, 2.75) is 19.3 Å². The maximum absolute atomic E-state index is 3.80. The van der Waals surface area contributed by atoms with Crippen molar-refractivity contribution in [3.05, 3.63) is 205 Å². The lowest BCUT2D eigenvalue weighted by Crippen LogP contribution is -2.16. The number of hydrogen-bond donors (Lipinski definition) is 1. The van der Waals surface area contributed by atoms with E-state index in [-0.39, 0.29) is 5.41 Å². The Morgan fingerprint density at radius 3 is 2.00 bits per heavy atom. The molecule has 3 nitrogen and oxygen atoms in total. The predicted octanol–water partition coefficient (Wildman–Crippen LogP) is 15.0. The van der Waals surface area contributed by atoms with Gasteiger partial charge in [0.2, 0.25) is 0 Å². The van der Waals surface area contributed by atoms with Crippen molar-refractivity contribution in [1.82, 2.24) is 9.55 Å². The molecule has 1 N–H and O–H groups in total. The molecule has 0 unspecified atom stereocenters. The Labute approximate surface area is 337 Å². The van der Waals surface area contributed by atoms with Crippen LogP contribution in [0.2, 0.25) is 0 Å². The average molecular weight is 742 g/mol. The Balaban J connectivity index is 1.09. The zero-order valence-corrected chi connectivity index (χ0v) is 32.4. The molecule has 0 saturated heterocycles. The van der Waals surface area contributed by atoms with Crippen LogP contribution < -0.4 is 4.90 Å². The first-order chi connectivity index (χ1) is 28.5. The summed E-state index contributed by atoms with van der Waals surface area (Å²) in [6.07, 6.45) is 0. The molecule has 0 bridgehead atoms. The van der Waals surface area contributed by atoms with E-state index < -0.39 is 0 Å². The van der Waals surface area contributed by atoms with Crippen LogP contribution in [0.4, 0.5) is 17.1 Å². The van der Waals surface area contributed by atoms with Crippen LogP contribution in [-0.4, -0.2) is 9.55 Å². The minimum atomic E-state index is -0.104. The van der Waals surface area contributed by atoms with Crippen LogP contribution >= 0.6 is 0 Å². The zero-order valence-electron chi connectivity index (χ0n) is 32.4. The van der Waals surface area contributed by atoms with Gasteiger partial charge in [-0.2, -0.15) is 0 Å². The summed E-state index contributed by atoms with van der Waals surface area (Å²) in [5.41, 5.74) is 16.9. The van der Waals surface area contributed by atoms with E-state index in [1.54, 1.807) is 0 Å². The largest absolute Gasteiger partial charge is 0.354 e. The number of fused-ring (bicyclic) bond motifs is 11. The summed E-state index contributed by atoms with van der Waals surface area (Å²) >= 11 is 0. The molecule has 2 aromatic heterocycles. The van der Waals surface area contributed by atoms with Gasteiger partial charge >= 0.3 is 0 Å². The van der Waals surface area contributed by atoms with Gasteiger partial charge in [0, 0.05) is 54.9 Å². The molecule has 9 aromatic carbocycles. The van der Waals surface area contributed by atoms with Crippen LogP contribution in [0, 0.1) is 0 Å². The lowest BCUT2D eigenvalue weighted by Gasteiger charge is -2.29. The number of anilines is 3. The highest BCUT2D eigenvalue weighted by atomic mass is 15.1. The second kappa shape index (κ2) is 12.3. The van der Waals surface area contributed by atoms with Gasteiger partial charge in [0.15, 0.2) is 0 Å². The molecule has 0 fully saturated rings. The van der Waals surface area contributed by atoms with E-state index >= 15 is 0 Å². The molecule has 0 aliphatic heterocycles. The molecular weight excluding hydrogens is 703 g/mol. The van der Waals surface area contributed by atoms with Crippen LogP contribution in [0.15, 0.2) is 194 Å². The van der Waals surface area contributed by atoms with Gasteiger partial charge in [0.05, 0.1) is 22.4 Å². The third-order valence-corrected chi connectivity index (χ3v) is 12.7. The van der Waals surface area contributed by atoms with Crippen molar-refractivity contribution in [2.24, 2.45) is 0 Å². The van der Waals surface area contributed by atoms with Crippen LogP contribution in [-0.2, 0) is 5.41 Å². The van der Waals surface area contributed by atoms with E-state index in [1.165, 1.54) is 82.4 Å². The third kappa shape index (κ3) is 4.68. The van der Waals surface area contributed by atoms with E-state index in [0.717, 1.165) is 28.1 Å². The first-order valence-corrected chi connectivity index (χ1v) is 20.2. The molecule has 12 rings (SSSR count). The fraction of sp³-hybridized carbons (Fsp3) is 0.0545. The molecule has 1 aliphatic carbocycles. The predicted molar refractivity (Wildman–Crippen MR) is 245 cm³/mol. The number of aromatic nitrogens is 2. The summed E-state index contributed by atoms with van der Waals surface area (Å²) in [6.45, 7) is 4.71. The van der Waals surface area contributed by atoms with Crippen molar-refractivity contribution in [3.63, 3.8) is 0 Å². The SMILES string of the molecule is CC1(C)c2ccccc2-c2c(N(c3ccccc3)c3cccc4[nH]c5ccc(-c6ccc7c(c6)c6c8ccccc8ccc6n7-c6ccccc6)cc5c34)cccc21. The first kappa shape index (κ1) is 32.8. The van der Waals surface area contributed by atoms with Crippen LogP contribution in [0.5, 0.6) is 0 Å². The Bertz CT molecular complexity index is 3420. The molecule has 0 radical (unpaired) electrons. The lowest BCUT2D eigenvalue weighted by molar-refractivity contribution is 0.660. The number of benzene rings is 9. The van der Waals surface area contributed by atoms with Gasteiger partial charge in [0.25, 0.3) is 0 Å². The first-order valence-electron chi connectivity index (χ1n) is 20.2. The Morgan fingerprint density at radius 2 is 1.14 bits per heavy atom. The van der Waals surface area contributed by atoms with Gasteiger partial charge < -0.3 is 14.5 Å². The minimum Gasteiger partial charge on any atom is -0.354 e. The van der Waals surface area contributed by atoms with Gasteiger partial charge in [0.1, 0.15) is 0 Å². The van der Waals surface area contributed by atoms with Crippen molar-refractivity contribution >= 4 is 71.4 Å². The molecule has 3 heteroatoms. The summed E-state index contributed by atoms with van der Waals surface area (Å²) in [6, 6.07) is 71.3. The molecule has 0 spiro atoms. The second-order valence-corrected chi connectivity index (χ2v) is 16.2. The summed E-state index contributed by atoms with van der Waals surface area (Å²) in [5, 5.41) is 7.47. The van der Waals surface area contributed by atoms with Crippen LogP contribution in [0.1, 0.15) is 25.0 Å². The van der Waals surface area contributed by atoms with E-state index in [1.807, 2.05) is 0 Å². The van der Waals surface area contributed by atoms with Gasteiger partial charge in [-0.05, 0) is 111 Å². The standard InChI is InChI=1S/C55H39N3/c1-55(2)44-22-12-11-21-41(44)53-45(55)23-13-25-49(53)58(39-18-7-4-8-19-39)50-26-14-24-47-54(50)42-33-36(27-30-46(42)56-47)37-29-31-48-43(34-37)52-40-20-10-9-15-35(40)28-32-51(52)57(48)38-16-5-3-6-17-38/h3-34,56H,1-2H3. The topological polar surface area (TPSA) is 24.0 Å². The van der Waals surface area contributed by atoms with Gasteiger partial charge in [-0.3, -0.25) is 0 Å². The molecule has 11 aromatic rings. The molecule has 0 amide bonds. The maximum Gasteiger partial charge on any atom is 0.0562 e. The number of rotatable bonds is 5. The number of aromatic amines is 1. The number of nitrogens with one attached hydrogen (secondary N) is 1. The van der Waals surface area contributed by atoms with Gasteiger partial charge in [-0.1, -0.05) is 135 Å². The molecule has 0 atom stereocenters. The second-order valence-electron chi connectivity index (χ2n) is 16.2. The normalized spacial score (nSPS) is 13.1. The lowest BCUT2D eigenvalue weighted by atomic mass is 9.82. The molecule has 0 saturated carbocycles. The third-order valence-electron chi connectivity index (χ3n) is 12.7. The van der Waals surface area contributed by atoms with E-state index in [0.29, 0.717) is 0 Å². The molecule has 58 heavy (non-hydrogen) atoms. The summed E-state index contributed by atoms with van der Waals surface area (Å²) in [7, 11) is 0. The van der Waals surface area contributed by atoms with E-state index in [9.17, 15) is 0 Å². The highest BCUT2D eigenvalue weighted by molar-refractivity contribution is 6.22. The quantitative estimate of drug-likeness (QED) is 0.187. The summed E-state index contributed by atoms with van der Waals surface area (Å²) in [4.78, 5) is 6.28. The molecular formula is C55H39N3. The number of hydrogen-bond acceptors (Lipinski definition) is 1. The van der Waals surface area contributed by atoms with Crippen molar-refractivity contribution in [1.29, 1.82) is 0 Å². The highest BCUT2D eigenvalue weighted by Crippen LogP contribution is 2.55.